The Morgan fingerprint density at radius 1 is 0.842 bits per heavy atom. The first kappa shape index (κ1) is 12.9. The molecule has 0 amide bonds. The molecule has 0 aliphatic carbocycles. The van der Waals surface area contributed by atoms with Crippen molar-refractivity contribution in [1.82, 2.24) is 10.0 Å². The predicted molar refractivity (Wildman–Crippen MR) is 80.8 cm³/mol. The molecule has 1 aromatic carbocycles. The zero-order chi connectivity index (χ0) is 13.1. The van der Waals surface area contributed by atoms with Crippen LogP contribution in [-0.2, 0) is 0 Å². The molecule has 102 valence electrons. The number of hydrazine groups is 1. The van der Waals surface area contributed by atoms with Gasteiger partial charge in [-0.3, -0.25) is 0 Å². The van der Waals surface area contributed by atoms with Gasteiger partial charge < -0.3 is 0 Å². The zero-order valence-corrected chi connectivity index (χ0v) is 11.9. The van der Waals surface area contributed by atoms with Gasteiger partial charge >= 0.3 is 0 Å². The molecule has 0 unspecified atom stereocenters. The third-order valence-corrected chi connectivity index (χ3v) is 4.34. The van der Waals surface area contributed by atoms with Crippen LogP contribution in [0.2, 0.25) is 0 Å². The van der Waals surface area contributed by atoms with Crippen LogP contribution in [0.5, 0.6) is 0 Å². The molecule has 19 heavy (non-hydrogen) atoms. The second kappa shape index (κ2) is 5.89. The van der Waals surface area contributed by atoms with Gasteiger partial charge in [0, 0.05) is 26.2 Å². The van der Waals surface area contributed by atoms with Gasteiger partial charge in [-0.15, -0.1) is 0 Å². The second-order valence-corrected chi connectivity index (χ2v) is 5.77. The summed E-state index contributed by atoms with van der Waals surface area (Å²) in [5, 5.41) is 5.10. The van der Waals surface area contributed by atoms with Gasteiger partial charge in [-0.25, -0.2) is 10.0 Å². The molecule has 0 bridgehead atoms. The maximum absolute atomic E-state index is 2.56. The molecule has 2 aliphatic heterocycles. The van der Waals surface area contributed by atoms with Crippen molar-refractivity contribution >= 4 is 5.57 Å². The largest absolute Gasteiger partial charge is 0.241 e. The third kappa shape index (κ3) is 3.07. The summed E-state index contributed by atoms with van der Waals surface area (Å²) in [5.41, 5.74) is 4.27. The molecule has 0 saturated carbocycles. The molecule has 0 aromatic heterocycles. The summed E-state index contributed by atoms with van der Waals surface area (Å²) >= 11 is 0. The first-order chi connectivity index (χ1) is 9.33. The fraction of sp³-hybridized carbons (Fsp3) is 0.529. The van der Waals surface area contributed by atoms with Crippen LogP contribution in [0.25, 0.3) is 5.57 Å². The Bertz CT molecular complexity index is 441. The first-order valence-corrected chi connectivity index (χ1v) is 7.59. The minimum atomic E-state index is 1.09. The van der Waals surface area contributed by atoms with E-state index >= 15 is 0 Å². The van der Waals surface area contributed by atoms with E-state index in [2.05, 4.69) is 47.3 Å². The van der Waals surface area contributed by atoms with Crippen LogP contribution in [-0.4, -0.2) is 36.2 Å². The van der Waals surface area contributed by atoms with Crippen molar-refractivity contribution < 1.29 is 0 Å². The Kier molecular flexibility index (Phi) is 4.00. The van der Waals surface area contributed by atoms with Crippen molar-refractivity contribution in [3.63, 3.8) is 0 Å². The van der Waals surface area contributed by atoms with Gasteiger partial charge in [-0.05, 0) is 37.3 Å². The lowest BCUT2D eigenvalue weighted by molar-refractivity contribution is -0.0304. The van der Waals surface area contributed by atoms with Gasteiger partial charge in [-0.1, -0.05) is 42.3 Å². The average Bonchev–Trinajstić information content (AvgIpc) is 2.49. The molecule has 1 aromatic rings. The lowest BCUT2D eigenvalue weighted by atomic mass is 9.99. The molecule has 0 N–H and O–H groups in total. The van der Waals surface area contributed by atoms with Crippen LogP contribution in [0.15, 0.2) is 30.3 Å². The standard InChI is InChI=1S/C17H24N2/c1-15-5-7-16(8-6-15)17-9-13-19(14-10-17)18-11-3-2-4-12-18/h5-9H,2-4,10-14H2,1H3. The number of piperidine rings is 1. The van der Waals surface area contributed by atoms with Crippen LogP contribution in [0.1, 0.15) is 36.8 Å². The minimum Gasteiger partial charge on any atom is -0.241 e. The van der Waals surface area contributed by atoms with Gasteiger partial charge in [0.15, 0.2) is 0 Å². The van der Waals surface area contributed by atoms with E-state index in [0.717, 1.165) is 6.54 Å². The molecule has 3 rings (SSSR count). The third-order valence-electron chi connectivity index (χ3n) is 4.34. The van der Waals surface area contributed by atoms with Crippen LogP contribution in [0.4, 0.5) is 0 Å². The average molecular weight is 256 g/mol. The lowest BCUT2D eigenvalue weighted by Crippen LogP contribution is -2.47. The van der Waals surface area contributed by atoms with Gasteiger partial charge in [0.2, 0.25) is 0 Å². The van der Waals surface area contributed by atoms with E-state index < -0.39 is 0 Å². The highest BCUT2D eigenvalue weighted by molar-refractivity contribution is 5.66. The number of hydrogen-bond acceptors (Lipinski definition) is 2. The molecule has 2 nitrogen and oxygen atoms in total. The molecule has 2 heterocycles. The van der Waals surface area contributed by atoms with Crippen LogP contribution < -0.4 is 0 Å². The highest BCUT2D eigenvalue weighted by Gasteiger charge is 2.20. The van der Waals surface area contributed by atoms with E-state index in [9.17, 15) is 0 Å². The molecule has 1 fully saturated rings. The Hall–Kier alpha value is -1.12. The fourth-order valence-electron chi connectivity index (χ4n) is 3.11. The van der Waals surface area contributed by atoms with Crippen LogP contribution in [0, 0.1) is 6.92 Å². The second-order valence-electron chi connectivity index (χ2n) is 5.77. The van der Waals surface area contributed by atoms with Crippen LogP contribution >= 0.6 is 0 Å². The van der Waals surface area contributed by atoms with E-state index in [1.807, 2.05) is 0 Å². The van der Waals surface area contributed by atoms with E-state index in [-0.39, 0.29) is 0 Å². The molecule has 1 saturated heterocycles. The van der Waals surface area contributed by atoms with E-state index in [1.165, 1.54) is 62.0 Å². The van der Waals surface area contributed by atoms with Crippen molar-refractivity contribution in [3.8, 4) is 0 Å². The minimum absolute atomic E-state index is 1.09. The predicted octanol–water partition coefficient (Wildman–Crippen LogP) is 3.49. The van der Waals surface area contributed by atoms with Crippen molar-refractivity contribution in [2.45, 2.75) is 32.6 Å². The number of aryl methyl sites for hydroxylation is 1. The van der Waals surface area contributed by atoms with E-state index in [0.29, 0.717) is 0 Å². The first-order valence-electron chi connectivity index (χ1n) is 7.59. The lowest BCUT2D eigenvalue weighted by Gasteiger charge is -2.39. The van der Waals surface area contributed by atoms with Crippen molar-refractivity contribution in [3.05, 3.63) is 41.5 Å². The Balaban J connectivity index is 1.64. The molecule has 0 radical (unpaired) electrons. The highest BCUT2D eigenvalue weighted by atomic mass is 15.6. The Morgan fingerprint density at radius 2 is 1.58 bits per heavy atom. The van der Waals surface area contributed by atoms with Crippen molar-refractivity contribution in [1.29, 1.82) is 0 Å². The van der Waals surface area contributed by atoms with Gasteiger partial charge in [0.05, 0.1) is 0 Å². The smallest absolute Gasteiger partial charge is 0.0320 e. The summed E-state index contributed by atoms with van der Waals surface area (Å²) in [6.07, 6.45) is 7.74. The maximum atomic E-state index is 2.56. The number of rotatable bonds is 2. The van der Waals surface area contributed by atoms with E-state index in [1.54, 1.807) is 0 Å². The quantitative estimate of drug-likeness (QED) is 0.799. The van der Waals surface area contributed by atoms with Crippen LogP contribution in [0.3, 0.4) is 0 Å². The van der Waals surface area contributed by atoms with Gasteiger partial charge in [0.25, 0.3) is 0 Å². The van der Waals surface area contributed by atoms with Crippen molar-refractivity contribution in [2.75, 3.05) is 26.2 Å². The Labute approximate surface area is 116 Å². The normalized spacial score (nSPS) is 22.3. The topological polar surface area (TPSA) is 6.48 Å². The van der Waals surface area contributed by atoms with Gasteiger partial charge in [-0.2, -0.15) is 0 Å². The molecular weight excluding hydrogens is 232 g/mol. The number of nitrogens with zero attached hydrogens (tertiary/aromatic N) is 2. The Morgan fingerprint density at radius 3 is 2.21 bits per heavy atom. The van der Waals surface area contributed by atoms with Gasteiger partial charge in [0.1, 0.15) is 0 Å². The summed E-state index contributed by atoms with van der Waals surface area (Å²) in [6.45, 7) is 6.93. The monoisotopic (exact) mass is 256 g/mol. The van der Waals surface area contributed by atoms with E-state index in [4.69, 9.17) is 0 Å². The molecule has 0 atom stereocenters. The summed E-state index contributed by atoms with van der Waals surface area (Å²) in [6, 6.07) is 8.95. The fourth-order valence-corrected chi connectivity index (χ4v) is 3.11. The molecule has 2 heteroatoms. The number of hydrogen-bond donors (Lipinski definition) is 0. The maximum Gasteiger partial charge on any atom is 0.0320 e. The molecular formula is C17H24N2. The van der Waals surface area contributed by atoms with Crippen molar-refractivity contribution in [2.24, 2.45) is 0 Å². The molecule has 2 aliphatic rings. The summed E-state index contributed by atoms with van der Waals surface area (Å²) in [4.78, 5) is 0. The molecule has 0 spiro atoms. The SMILES string of the molecule is Cc1ccc(C2=CCN(N3CCCCC3)CC2)cc1. The summed E-state index contributed by atoms with van der Waals surface area (Å²) in [5.74, 6) is 0. The highest BCUT2D eigenvalue weighted by Crippen LogP contribution is 2.24. The summed E-state index contributed by atoms with van der Waals surface area (Å²) < 4.78 is 0. The summed E-state index contributed by atoms with van der Waals surface area (Å²) in [7, 11) is 0. The zero-order valence-electron chi connectivity index (χ0n) is 11.9. The number of benzene rings is 1.